The van der Waals surface area contributed by atoms with Crippen molar-refractivity contribution in [2.45, 2.75) is 13.8 Å². The van der Waals surface area contributed by atoms with Gasteiger partial charge in [0.05, 0.1) is 5.71 Å². The van der Waals surface area contributed by atoms with Crippen LogP contribution in [-0.4, -0.2) is 21.4 Å². The van der Waals surface area contributed by atoms with Gasteiger partial charge in [0.2, 0.25) is 0 Å². The Kier molecular flexibility index (Phi) is 4.71. The van der Waals surface area contributed by atoms with Gasteiger partial charge in [-0.3, -0.25) is 5.43 Å². The van der Waals surface area contributed by atoms with Gasteiger partial charge >= 0.3 is 5.63 Å². The average Bonchev–Trinajstić information content (AvgIpc) is 2.24. The highest BCUT2D eigenvalue weighted by Crippen LogP contribution is 2.15. The molecule has 0 radical (unpaired) electrons. The molecule has 0 unspecified atom stereocenters. The van der Waals surface area contributed by atoms with Crippen molar-refractivity contribution in [2.24, 2.45) is 5.10 Å². The monoisotopic (exact) mass is 272 g/mol. The Morgan fingerprint density at radius 2 is 2.29 bits per heavy atom. The number of thioether (sulfide) groups is 1. The van der Waals surface area contributed by atoms with Crippen LogP contribution in [-0.2, 0) is 0 Å². The molecular formula is C10H12N2O3S2. The van der Waals surface area contributed by atoms with Crippen LogP contribution in [0.15, 0.2) is 20.4 Å². The minimum Gasteiger partial charge on any atom is -0.507 e. The summed E-state index contributed by atoms with van der Waals surface area (Å²) in [5.74, 6) is 0.188. The highest BCUT2D eigenvalue weighted by molar-refractivity contribution is 8.22. The Bertz CT molecular complexity index is 523. The van der Waals surface area contributed by atoms with Crippen molar-refractivity contribution >= 4 is 34.0 Å². The van der Waals surface area contributed by atoms with Crippen molar-refractivity contribution < 1.29 is 9.52 Å². The third-order valence-corrected chi connectivity index (χ3v) is 2.97. The van der Waals surface area contributed by atoms with Gasteiger partial charge in [-0.25, -0.2) is 4.79 Å². The smallest absolute Gasteiger partial charge is 0.348 e. The number of hydrogen-bond acceptors (Lipinski definition) is 6. The molecule has 1 heterocycles. The molecule has 0 saturated heterocycles. The molecule has 7 heteroatoms. The summed E-state index contributed by atoms with van der Waals surface area (Å²) < 4.78 is 5.35. The van der Waals surface area contributed by atoms with Crippen LogP contribution in [0.5, 0.6) is 5.75 Å². The Morgan fingerprint density at radius 3 is 2.82 bits per heavy atom. The van der Waals surface area contributed by atoms with Crippen molar-refractivity contribution in [3.63, 3.8) is 0 Å². The zero-order chi connectivity index (χ0) is 13.0. The second-order valence-corrected chi connectivity index (χ2v) is 4.69. The zero-order valence-corrected chi connectivity index (χ0v) is 11.2. The van der Waals surface area contributed by atoms with Crippen molar-refractivity contribution in [3.8, 4) is 5.75 Å². The number of rotatable bonds is 2. The fourth-order valence-electron chi connectivity index (χ4n) is 1.16. The molecule has 0 aromatic carbocycles. The van der Waals surface area contributed by atoms with Crippen LogP contribution < -0.4 is 11.1 Å². The highest BCUT2D eigenvalue weighted by atomic mass is 32.2. The highest BCUT2D eigenvalue weighted by Gasteiger charge is 2.12. The van der Waals surface area contributed by atoms with E-state index in [4.69, 9.17) is 16.6 Å². The van der Waals surface area contributed by atoms with Gasteiger partial charge in [-0.15, -0.1) is 0 Å². The number of hydrogen-bond donors (Lipinski definition) is 2. The molecule has 0 aliphatic heterocycles. The van der Waals surface area contributed by atoms with Gasteiger partial charge in [0.15, 0.2) is 4.32 Å². The van der Waals surface area contributed by atoms with E-state index in [1.807, 2.05) is 0 Å². The summed E-state index contributed by atoms with van der Waals surface area (Å²) in [6, 6.07) is 1.36. The molecule has 0 aliphatic rings. The van der Waals surface area contributed by atoms with Crippen LogP contribution in [0, 0.1) is 6.92 Å². The van der Waals surface area contributed by atoms with Gasteiger partial charge < -0.3 is 9.52 Å². The minimum absolute atomic E-state index is 0.0343. The number of nitrogens with one attached hydrogen (secondary N) is 1. The maximum atomic E-state index is 11.5. The topological polar surface area (TPSA) is 74.8 Å². The number of thiocarbonyl (C=S) groups is 1. The van der Waals surface area contributed by atoms with Crippen LogP contribution in [0.1, 0.15) is 18.2 Å². The predicted octanol–water partition coefficient (Wildman–Crippen LogP) is 1.62. The minimum atomic E-state index is -0.624. The van der Waals surface area contributed by atoms with Crippen molar-refractivity contribution in [1.29, 1.82) is 0 Å². The summed E-state index contributed by atoms with van der Waals surface area (Å²) in [4.78, 5) is 11.5. The first-order valence-electron chi connectivity index (χ1n) is 4.68. The molecule has 1 aromatic rings. The summed E-state index contributed by atoms with van der Waals surface area (Å²) in [7, 11) is 0. The van der Waals surface area contributed by atoms with Gasteiger partial charge in [0, 0.05) is 6.07 Å². The molecule has 5 nitrogen and oxygen atoms in total. The van der Waals surface area contributed by atoms with Gasteiger partial charge in [-0.05, 0) is 20.1 Å². The summed E-state index contributed by atoms with van der Waals surface area (Å²) in [6.07, 6.45) is 1.80. The Morgan fingerprint density at radius 1 is 1.65 bits per heavy atom. The molecule has 0 amide bonds. The fraction of sp³-hybridized carbons (Fsp3) is 0.300. The molecule has 0 fully saturated rings. The van der Waals surface area contributed by atoms with Crippen LogP contribution in [0.25, 0.3) is 0 Å². The van der Waals surface area contributed by atoms with Crippen LogP contribution in [0.4, 0.5) is 0 Å². The Labute approximate surface area is 108 Å². The Balaban J connectivity index is 3.08. The molecule has 0 saturated carbocycles. The normalized spacial score (nSPS) is 11.4. The second kappa shape index (κ2) is 5.83. The maximum absolute atomic E-state index is 11.5. The Hall–Kier alpha value is -1.34. The first-order valence-corrected chi connectivity index (χ1v) is 6.31. The van der Waals surface area contributed by atoms with Crippen LogP contribution >= 0.6 is 24.0 Å². The molecular weight excluding hydrogens is 260 g/mol. The van der Waals surface area contributed by atoms with E-state index in [1.165, 1.54) is 17.8 Å². The van der Waals surface area contributed by atoms with E-state index in [-0.39, 0.29) is 11.3 Å². The molecule has 2 N–H and O–H groups in total. The number of aryl methyl sites for hydroxylation is 1. The molecule has 1 rings (SSSR count). The third kappa shape index (κ3) is 3.57. The average molecular weight is 272 g/mol. The number of aromatic hydroxyl groups is 1. The number of nitrogens with zero attached hydrogens (tertiary/aromatic N) is 1. The maximum Gasteiger partial charge on any atom is 0.348 e. The predicted molar refractivity (Wildman–Crippen MR) is 72.8 cm³/mol. The summed E-state index contributed by atoms with van der Waals surface area (Å²) in [5.41, 5.74) is 2.31. The van der Waals surface area contributed by atoms with Crippen molar-refractivity contribution in [3.05, 3.63) is 27.8 Å². The van der Waals surface area contributed by atoms with E-state index in [2.05, 4.69) is 10.5 Å². The molecule has 0 spiro atoms. The van der Waals surface area contributed by atoms with E-state index in [0.717, 1.165) is 0 Å². The van der Waals surface area contributed by atoms with Gasteiger partial charge in [-0.1, -0.05) is 24.0 Å². The van der Waals surface area contributed by atoms with E-state index in [9.17, 15) is 9.90 Å². The lowest BCUT2D eigenvalue weighted by molar-refractivity contribution is 0.432. The van der Waals surface area contributed by atoms with Gasteiger partial charge in [0.1, 0.15) is 17.1 Å². The first-order chi connectivity index (χ1) is 7.95. The largest absolute Gasteiger partial charge is 0.507 e. The summed E-state index contributed by atoms with van der Waals surface area (Å²) in [6.45, 7) is 3.16. The van der Waals surface area contributed by atoms with E-state index < -0.39 is 5.63 Å². The lowest BCUT2D eigenvalue weighted by Crippen LogP contribution is -2.18. The molecule has 17 heavy (non-hydrogen) atoms. The molecule has 0 aliphatic carbocycles. The van der Waals surface area contributed by atoms with Gasteiger partial charge in [-0.2, -0.15) is 5.10 Å². The third-order valence-electron chi connectivity index (χ3n) is 1.92. The lowest BCUT2D eigenvalue weighted by atomic mass is 10.2. The lowest BCUT2D eigenvalue weighted by Gasteiger charge is -2.04. The van der Waals surface area contributed by atoms with E-state index in [1.54, 1.807) is 20.1 Å². The summed E-state index contributed by atoms with van der Waals surface area (Å²) in [5, 5.41) is 13.6. The first kappa shape index (κ1) is 13.7. The van der Waals surface area contributed by atoms with E-state index >= 15 is 0 Å². The molecule has 1 aromatic heterocycles. The summed E-state index contributed by atoms with van der Waals surface area (Å²) >= 11 is 6.21. The van der Waals surface area contributed by atoms with Gasteiger partial charge in [0.25, 0.3) is 0 Å². The zero-order valence-electron chi connectivity index (χ0n) is 9.60. The second-order valence-electron chi connectivity index (χ2n) is 3.21. The van der Waals surface area contributed by atoms with Crippen LogP contribution in [0.2, 0.25) is 0 Å². The fourth-order valence-corrected chi connectivity index (χ4v) is 1.34. The SMILES string of the molecule is CSC(=S)N/N=C(/C)c1c(O)cc(C)oc1=O. The van der Waals surface area contributed by atoms with Crippen LogP contribution in [0.3, 0.4) is 0 Å². The van der Waals surface area contributed by atoms with E-state index in [0.29, 0.717) is 15.8 Å². The standard InChI is InChI=1S/C10H12N2O3S2/c1-5-4-7(13)8(9(14)15-5)6(2)11-12-10(16)17-3/h4,13H,1-3H3,(H,12,16)/b11-6-. The molecule has 0 bridgehead atoms. The van der Waals surface area contributed by atoms with Crippen molar-refractivity contribution in [1.82, 2.24) is 5.43 Å². The number of hydrazone groups is 1. The quantitative estimate of drug-likeness (QED) is 0.484. The van der Waals surface area contributed by atoms with Crippen molar-refractivity contribution in [2.75, 3.05) is 6.26 Å². The molecule has 92 valence electrons. The molecule has 0 atom stereocenters.